The smallest absolute Gasteiger partial charge is 0.241 e. The van der Waals surface area contributed by atoms with Crippen LogP contribution in [-0.2, 0) is 23.1 Å². The van der Waals surface area contributed by atoms with Crippen LogP contribution in [0, 0.1) is 5.82 Å². The number of nitrogens with two attached hydrogens (primary N) is 1. The lowest BCUT2D eigenvalue weighted by atomic mass is 10.2. The van der Waals surface area contributed by atoms with Gasteiger partial charge in [-0.05, 0) is 23.3 Å². The fraction of sp³-hybridized carbons (Fsp3) is 0.143. The predicted octanol–water partition coefficient (Wildman–Crippen LogP) is 1.76. The topological polar surface area (TPSA) is 72.2 Å². The molecule has 106 valence electrons. The highest BCUT2D eigenvalue weighted by Gasteiger charge is 2.18. The van der Waals surface area contributed by atoms with Crippen molar-refractivity contribution in [2.45, 2.75) is 18.0 Å². The second-order valence-corrected chi connectivity index (χ2v) is 6.00. The van der Waals surface area contributed by atoms with Gasteiger partial charge in [0.15, 0.2) is 0 Å². The first kappa shape index (κ1) is 14.6. The Balaban J connectivity index is 2.24. The molecule has 2 aromatic carbocycles. The SMILES string of the molecule is NCc1ccc(F)cc1S(=O)(=O)NCc1ccccc1. The van der Waals surface area contributed by atoms with Gasteiger partial charge in [0.2, 0.25) is 10.0 Å². The summed E-state index contributed by atoms with van der Waals surface area (Å²) in [6, 6.07) is 12.6. The summed E-state index contributed by atoms with van der Waals surface area (Å²) < 4.78 is 40.1. The van der Waals surface area contributed by atoms with Crippen molar-refractivity contribution < 1.29 is 12.8 Å². The molecule has 0 saturated heterocycles. The number of nitrogens with one attached hydrogen (secondary N) is 1. The molecule has 0 aliphatic carbocycles. The van der Waals surface area contributed by atoms with Crippen LogP contribution < -0.4 is 10.5 Å². The Morgan fingerprint density at radius 3 is 2.45 bits per heavy atom. The van der Waals surface area contributed by atoms with Crippen molar-refractivity contribution >= 4 is 10.0 Å². The molecule has 0 atom stereocenters. The van der Waals surface area contributed by atoms with E-state index in [1.54, 1.807) is 12.1 Å². The summed E-state index contributed by atoms with van der Waals surface area (Å²) in [6.45, 7) is 0.172. The van der Waals surface area contributed by atoms with Gasteiger partial charge in [-0.15, -0.1) is 0 Å². The Hall–Kier alpha value is -1.76. The van der Waals surface area contributed by atoms with Crippen LogP contribution in [0.4, 0.5) is 4.39 Å². The minimum atomic E-state index is -3.79. The molecule has 3 N–H and O–H groups in total. The van der Waals surface area contributed by atoms with Gasteiger partial charge in [0.25, 0.3) is 0 Å². The zero-order valence-electron chi connectivity index (χ0n) is 10.7. The van der Waals surface area contributed by atoms with Gasteiger partial charge in [0.1, 0.15) is 5.82 Å². The molecule has 0 heterocycles. The van der Waals surface area contributed by atoms with Gasteiger partial charge >= 0.3 is 0 Å². The summed E-state index contributed by atoms with van der Waals surface area (Å²) in [5, 5.41) is 0. The summed E-state index contributed by atoms with van der Waals surface area (Å²) in [7, 11) is -3.79. The molecule has 2 rings (SSSR count). The van der Waals surface area contributed by atoms with E-state index in [1.165, 1.54) is 12.1 Å². The van der Waals surface area contributed by atoms with Crippen LogP contribution in [0.5, 0.6) is 0 Å². The molecule has 0 aliphatic heterocycles. The predicted molar refractivity (Wildman–Crippen MR) is 74.8 cm³/mol. The van der Waals surface area contributed by atoms with Crippen molar-refractivity contribution in [3.63, 3.8) is 0 Å². The minimum absolute atomic E-state index is 0.0296. The molecule has 0 aromatic heterocycles. The highest BCUT2D eigenvalue weighted by Crippen LogP contribution is 2.17. The Morgan fingerprint density at radius 2 is 1.80 bits per heavy atom. The average molecular weight is 294 g/mol. The first-order valence-corrected chi connectivity index (χ1v) is 7.53. The number of hydrogen-bond acceptors (Lipinski definition) is 3. The number of benzene rings is 2. The second-order valence-electron chi connectivity index (χ2n) is 4.27. The Labute approximate surface area is 117 Å². The van der Waals surface area contributed by atoms with Gasteiger partial charge in [-0.1, -0.05) is 36.4 Å². The van der Waals surface area contributed by atoms with Crippen LogP contribution in [0.25, 0.3) is 0 Å². The summed E-state index contributed by atoms with van der Waals surface area (Å²) in [5.41, 5.74) is 6.69. The summed E-state index contributed by atoms with van der Waals surface area (Å²) in [5.74, 6) is -0.609. The van der Waals surface area contributed by atoms with Crippen molar-refractivity contribution in [1.29, 1.82) is 0 Å². The molecular formula is C14H15FN2O2S. The van der Waals surface area contributed by atoms with E-state index in [9.17, 15) is 12.8 Å². The van der Waals surface area contributed by atoms with E-state index in [-0.39, 0.29) is 18.0 Å². The maximum atomic E-state index is 13.2. The van der Waals surface area contributed by atoms with Crippen molar-refractivity contribution in [2.75, 3.05) is 0 Å². The van der Waals surface area contributed by atoms with Crippen LogP contribution in [0.2, 0.25) is 0 Å². The van der Waals surface area contributed by atoms with E-state index in [1.807, 2.05) is 18.2 Å². The molecule has 2 aromatic rings. The molecule has 0 fully saturated rings. The Kier molecular flexibility index (Phi) is 4.49. The first-order valence-electron chi connectivity index (χ1n) is 6.05. The molecule has 4 nitrogen and oxygen atoms in total. The van der Waals surface area contributed by atoms with Crippen LogP contribution in [0.15, 0.2) is 53.4 Å². The number of rotatable bonds is 5. The normalized spacial score (nSPS) is 11.5. The average Bonchev–Trinajstić information content (AvgIpc) is 2.46. The molecule has 0 aliphatic rings. The monoisotopic (exact) mass is 294 g/mol. The third kappa shape index (κ3) is 3.41. The Bertz CT molecular complexity index is 688. The maximum Gasteiger partial charge on any atom is 0.241 e. The molecular weight excluding hydrogens is 279 g/mol. The standard InChI is InChI=1S/C14H15FN2O2S/c15-13-7-6-12(9-16)14(8-13)20(18,19)17-10-11-4-2-1-3-5-11/h1-8,17H,9-10,16H2. The van der Waals surface area contributed by atoms with Crippen molar-refractivity contribution in [3.8, 4) is 0 Å². The molecule has 0 saturated carbocycles. The minimum Gasteiger partial charge on any atom is -0.326 e. The van der Waals surface area contributed by atoms with Gasteiger partial charge in [-0.25, -0.2) is 17.5 Å². The van der Waals surface area contributed by atoms with Crippen molar-refractivity contribution in [2.24, 2.45) is 5.73 Å². The zero-order valence-corrected chi connectivity index (χ0v) is 11.5. The van der Waals surface area contributed by atoms with Crippen LogP contribution in [0.1, 0.15) is 11.1 Å². The lowest BCUT2D eigenvalue weighted by Gasteiger charge is -2.10. The van der Waals surface area contributed by atoms with Gasteiger partial charge in [-0.2, -0.15) is 0 Å². The number of hydrogen-bond donors (Lipinski definition) is 2. The quantitative estimate of drug-likeness (QED) is 0.882. The fourth-order valence-electron chi connectivity index (χ4n) is 1.80. The van der Waals surface area contributed by atoms with E-state index in [0.717, 1.165) is 11.6 Å². The lowest BCUT2D eigenvalue weighted by Crippen LogP contribution is -2.25. The van der Waals surface area contributed by atoms with Gasteiger partial charge in [0.05, 0.1) is 4.90 Å². The van der Waals surface area contributed by atoms with Crippen LogP contribution in [0.3, 0.4) is 0 Å². The molecule has 0 amide bonds. The molecule has 6 heteroatoms. The van der Waals surface area contributed by atoms with Crippen LogP contribution >= 0.6 is 0 Å². The summed E-state index contributed by atoms with van der Waals surface area (Å²) >= 11 is 0. The van der Waals surface area contributed by atoms with E-state index in [0.29, 0.717) is 5.56 Å². The molecule has 0 radical (unpaired) electrons. The first-order chi connectivity index (χ1) is 9.53. The van der Waals surface area contributed by atoms with Gasteiger partial charge < -0.3 is 5.73 Å². The van der Waals surface area contributed by atoms with Gasteiger partial charge in [-0.3, -0.25) is 0 Å². The third-order valence-corrected chi connectivity index (χ3v) is 4.33. The van der Waals surface area contributed by atoms with E-state index in [2.05, 4.69) is 4.72 Å². The van der Waals surface area contributed by atoms with E-state index in [4.69, 9.17) is 5.73 Å². The summed E-state index contributed by atoms with van der Waals surface area (Å²) in [6.07, 6.45) is 0. The Morgan fingerprint density at radius 1 is 1.10 bits per heavy atom. The highest BCUT2D eigenvalue weighted by molar-refractivity contribution is 7.89. The van der Waals surface area contributed by atoms with E-state index >= 15 is 0 Å². The third-order valence-electron chi connectivity index (χ3n) is 2.85. The molecule has 0 unspecified atom stereocenters. The van der Waals surface area contributed by atoms with Gasteiger partial charge in [0, 0.05) is 13.1 Å². The second kappa shape index (κ2) is 6.13. The zero-order chi connectivity index (χ0) is 14.6. The maximum absolute atomic E-state index is 13.2. The number of halogens is 1. The molecule has 0 spiro atoms. The van der Waals surface area contributed by atoms with Crippen LogP contribution in [-0.4, -0.2) is 8.42 Å². The van der Waals surface area contributed by atoms with Crippen molar-refractivity contribution in [1.82, 2.24) is 4.72 Å². The highest BCUT2D eigenvalue weighted by atomic mass is 32.2. The number of sulfonamides is 1. The molecule has 20 heavy (non-hydrogen) atoms. The fourth-order valence-corrected chi connectivity index (χ4v) is 3.08. The largest absolute Gasteiger partial charge is 0.326 e. The lowest BCUT2D eigenvalue weighted by molar-refractivity contribution is 0.575. The summed E-state index contributed by atoms with van der Waals surface area (Å²) in [4.78, 5) is -0.115. The molecule has 0 bridgehead atoms. The van der Waals surface area contributed by atoms with Crippen molar-refractivity contribution in [3.05, 3.63) is 65.5 Å². The van der Waals surface area contributed by atoms with E-state index < -0.39 is 15.8 Å².